The second-order valence-electron chi connectivity index (χ2n) is 5.26. The van der Waals surface area contributed by atoms with Crippen molar-refractivity contribution in [1.82, 2.24) is 0 Å². The second kappa shape index (κ2) is 8.77. The first kappa shape index (κ1) is 17.6. The average molecular weight is 326 g/mol. The Bertz CT molecular complexity index is 672. The minimum Gasteiger partial charge on any atom is -0.497 e. The van der Waals surface area contributed by atoms with Gasteiger partial charge in [0.1, 0.15) is 11.5 Å². The third-order valence-electron chi connectivity index (χ3n) is 3.80. The number of carbonyl (C=O) groups excluding carboxylic acids is 1. The van der Waals surface area contributed by atoms with E-state index in [1.54, 1.807) is 14.2 Å². The first-order valence-corrected chi connectivity index (χ1v) is 7.70. The highest BCUT2D eigenvalue weighted by atomic mass is 16.5. The van der Waals surface area contributed by atoms with Crippen molar-refractivity contribution in [1.29, 1.82) is 0 Å². The molecule has 0 saturated carbocycles. The molecule has 0 amide bonds. The molecule has 0 spiro atoms. The van der Waals surface area contributed by atoms with E-state index in [9.17, 15) is 4.79 Å². The maximum atomic E-state index is 12.1. The Balaban J connectivity index is 2.10. The van der Waals surface area contributed by atoms with Gasteiger partial charge < -0.3 is 14.2 Å². The maximum absolute atomic E-state index is 12.1. The summed E-state index contributed by atoms with van der Waals surface area (Å²) in [4.78, 5) is 12.1. The van der Waals surface area contributed by atoms with Crippen molar-refractivity contribution in [3.05, 3.63) is 65.7 Å². The number of methoxy groups -OCH3 is 3. The van der Waals surface area contributed by atoms with E-state index in [-0.39, 0.29) is 11.9 Å². The zero-order valence-electron chi connectivity index (χ0n) is 14.2. The zero-order chi connectivity index (χ0) is 17.4. The topological polar surface area (TPSA) is 44.8 Å². The van der Waals surface area contributed by atoms with Gasteiger partial charge in [0.05, 0.1) is 27.2 Å². The minimum atomic E-state index is -0.338. The molecule has 2 rings (SSSR count). The van der Waals surface area contributed by atoms with Crippen LogP contribution in [0.4, 0.5) is 0 Å². The third-order valence-corrected chi connectivity index (χ3v) is 3.80. The van der Waals surface area contributed by atoms with Crippen LogP contribution >= 0.6 is 0 Å². The standard InChI is InChI=1S/C20H22O4/c1-22-17-11-7-15(8-12-17)5-4-6-19(20(21)24-3)16-9-13-18(23-2)14-10-16/h4-5,7-14,19H,6H2,1-3H3/b5-4+/t19-/m0/s1. The van der Waals surface area contributed by atoms with E-state index in [0.717, 1.165) is 22.6 Å². The van der Waals surface area contributed by atoms with Crippen LogP contribution in [0, 0.1) is 0 Å². The van der Waals surface area contributed by atoms with E-state index in [1.165, 1.54) is 7.11 Å². The number of carbonyl (C=O) groups is 1. The van der Waals surface area contributed by atoms with Gasteiger partial charge in [0.2, 0.25) is 0 Å². The van der Waals surface area contributed by atoms with Crippen LogP contribution in [0.2, 0.25) is 0 Å². The fraction of sp³-hybridized carbons (Fsp3) is 0.250. The number of ether oxygens (including phenoxy) is 3. The molecule has 4 heteroatoms. The Labute approximate surface area is 142 Å². The molecule has 2 aromatic rings. The normalized spacial score (nSPS) is 12.0. The van der Waals surface area contributed by atoms with Crippen molar-refractivity contribution < 1.29 is 19.0 Å². The summed E-state index contributed by atoms with van der Waals surface area (Å²) in [5, 5.41) is 0. The van der Waals surface area contributed by atoms with Crippen LogP contribution in [-0.2, 0) is 9.53 Å². The molecule has 4 nitrogen and oxygen atoms in total. The number of hydrogen-bond donors (Lipinski definition) is 0. The molecule has 0 bridgehead atoms. The Morgan fingerprint density at radius 3 is 1.96 bits per heavy atom. The van der Waals surface area contributed by atoms with Gasteiger partial charge in [-0.3, -0.25) is 4.79 Å². The molecule has 0 heterocycles. The van der Waals surface area contributed by atoms with E-state index in [0.29, 0.717) is 6.42 Å². The number of esters is 1. The molecule has 0 saturated heterocycles. The smallest absolute Gasteiger partial charge is 0.313 e. The first-order chi connectivity index (χ1) is 11.7. The van der Waals surface area contributed by atoms with Crippen molar-refractivity contribution in [2.75, 3.05) is 21.3 Å². The fourth-order valence-corrected chi connectivity index (χ4v) is 2.40. The summed E-state index contributed by atoms with van der Waals surface area (Å²) in [5.74, 6) is 0.990. The van der Waals surface area contributed by atoms with Crippen molar-refractivity contribution in [2.45, 2.75) is 12.3 Å². The molecule has 0 unspecified atom stereocenters. The predicted molar refractivity (Wildman–Crippen MR) is 94.4 cm³/mol. The molecule has 24 heavy (non-hydrogen) atoms. The molecule has 0 aliphatic heterocycles. The monoisotopic (exact) mass is 326 g/mol. The average Bonchev–Trinajstić information content (AvgIpc) is 2.65. The highest BCUT2D eigenvalue weighted by molar-refractivity contribution is 5.78. The highest BCUT2D eigenvalue weighted by Gasteiger charge is 2.20. The Kier molecular flexibility index (Phi) is 6.43. The fourth-order valence-electron chi connectivity index (χ4n) is 2.40. The largest absolute Gasteiger partial charge is 0.497 e. The summed E-state index contributed by atoms with van der Waals surface area (Å²) in [6.07, 6.45) is 4.53. The third kappa shape index (κ3) is 4.62. The summed E-state index contributed by atoms with van der Waals surface area (Å²) in [7, 11) is 4.66. The molecule has 0 aromatic heterocycles. The van der Waals surface area contributed by atoms with E-state index in [2.05, 4.69) is 0 Å². The number of allylic oxidation sites excluding steroid dienone is 1. The minimum absolute atomic E-state index is 0.250. The van der Waals surface area contributed by atoms with E-state index < -0.39 is 0 Å². The zero-order valence-corrected chi connectivity index (χ0v) is 14.2. The summed E-state index contributed by atoms with van der Waals surface area (Å²) in [6, 6.07) is 15.2. The van der Waals surface area contributed by atoms with Crippen LogP contribution < -0.4 is 9.47 Å². The second-order valence-corrected chi connectivity index (χ2v) is 5.26. The molecular formula is C20H22O4. The Hall–Kier alpha value is -2.75. The van der Waals surface area contributed by atoms with E-state index >= 15 is 0 Å². The molecule has 0 aliphatic rings. The van der Waals surface area contributed by atoms with Crippen LogP contribution in [0.1, 0.15) is 23.5 Å². The predicted octanol–water partition coefficient (Wildman–Crippen LogP) is 4.06. The number of rotatable bonds is 7. The van der Waals surface area contributed by atoms with Gasteiger partial charge in [0, 0.05) is 0 Å². The van der Waals surface area contributed by atoms with Crippen LogP contribution in [0.5, 0.6) is 11.5 Å². The van der Waals surface area contributed by atoms with Gasteiger partial charge in [0.25, 0.3) is 0 Å². The van der Waals surface area contributed by atoms with Crippen molar-refractivity contribution in [3.8, 4) is 11.5 Å². The number of benzene rings is 2. The van der Waals surface area contributed by atoms with Crippen LogP contribution in [0.25, 0.3) is 6.08 Å². The molecular weight excluding hydrogens is 304 g/mol. The Morgan fingerprint density at radius 1 is 0.917 bits per heavy atom. The maximum Gasteiger partial charge on any atom is 0.313 e. The van der Waals surface area contributed by atoms with Crippen molar-refractivity contribution in [2.24, 2.45) is 0 Å². The van der Waals surface area contributed by atoms with Gasteiger partial charge in [-0.2, -0.15) is 0 Å². The van der Waals surface area contributed by atoms with Gasteiger partial charge >= 0.3 is 5.97 Å². The lowest BCUT2D eigenvalue weighted by molar-refractivity contribution is -0.142. The van der Waals surface area contributed by atoms with Gasteiger partial charge in [0.15, 0.2) is 0 Å². The molecule has 0 radical (unpaired) electrons. The first-order valence-electron chi connectivity index (χ1n) is 7.70. The lowest BCUT2D eigenvalue weighted by atomic mass is 9.95. The highest BCUT2D eigenvalue weighted by Crippen LogP contribution is 2.24. The van der Waals surface area contributed by atoms with Crippen LogP contribution in [0.3, 0.4) is 0 Å². The lowest BCUT2D eigenvalue weighted by Crippen LogP contribution is -2.13. The van der Waals surface area contributed by atoms with Crippen molar-refractivity contribution in [3.63, 3.8) is 0 Å². The quantitative estimate of drug-likeness (QED) is 0.720. The summed E-state index contributed by atoms with van der Waals surface area (Å²) in [6.45, 7) is 0. The molecule has 2 aromatic carbocycles. The van der Waals surface area contributed by atoms with Gasteiger partial charge in [-0.1, -0.05) is 36.4 Å². The van der Waals surface area contributed by atoms with E-state index in [4.69, 9.17) is 14.2 Å². The SMILES string of the molecule is COC(=O)[C@@H](C/C=C/c1ccc(OC)cc1)c1ccc(OC)cc1. The van der Waals surface area contributed by atoms with Crippen molar-refractivity contribution >= 4 is 12.0 Å². The summed E-state index contributed by atoms with van der Waals surface area (Å²) in [5.41, 5.74) is 1.95. The molecule has 1 atom stereocenters. The number of hydrogen-bond acceptors (Lipinski definition) is 4. The van der Waals surface area contributed by atoms with Gasteiger partial charge in [-0.05, 0) is 41.8 Å². The molecule has 0 fully saturated rings. The van der Waals surface area contributed by atoms with E-state index in [1.807, 2.05) is 60.7 Å². The summed E-state index contributed by atoms with van der Waals surface area (Å²) < 4.78 is 15.2. The lowest BCUT2D eigenvalue weighted by Gasteiger charge is -2.13. The Morgan fingerprint density at radius 2 is 1.46 bits per heavy atom. The molecule has 0 aliphatic carbocycles. The van der Waals surface area contributed by atoms with Crippen LogP contribution in [-0.4, -0.2) is 27.3 Å². The van der Waals surface area contributed by atoms with Crippen LogP contribution in [0.15, 0.2) is 54.6 Å². The van der Waals surface area contributed by atoms with Gasteiger partial charge in [-0.15, -0.1) is 0 Å². The molecule has 126 valence electrons. The summed E-state index contributed by atoms with van der Waals surface area (Å²) >= 11 is 0. The molecule has 0 N–H and O–H groups in total. The van der Waals surface area contributed by atoms with Gasteiger partial charge in [-0.25, -0.2) is 0 Å².